The number of hydrogen-bond donors (Lipinski definition) is 0. The van der Waals surface area contributed by atoms with E-state index >= 15 is 0 Å². The second-order valence-electron chi connectivity index (χ2n) is 5.82. The molecule has 8 nitrogen and oxygen atoms in total. The van der Waals surface area contributed by atoms with Crippen molar-refractivity contribution in [2.24, 2.45) is 0 Å². The van der Waals surface area contributed by atoms with E-state index in [1.165, 1.54) is 55.2 Å². The topological polar surface area (TPSA) is 122 Å². The molecule has 3 aromatic rings. The fourth-order valence-corrected chi connectivity index (χ4v) is 8.32. The first-order valence-corrected chi connectivity index (χ1v) is 15.3. The van der Waals surface area contributed by atoms with Crippen LogP contribution in [0.1, 0.15) is 5.01 Å². The summed E-state index contributed by atoms with van der Waals surface area (Å²) in [5, 5.41) is 4.78. The predicted octanol–water partition coefficient (Wildman–Crippen LogP) is 1.39. The van der Waals surface area contributed by atoms with Crippen molar-refractivity contribution in [2.45, 2.75) is 10.1 Å². The van der Waals surface area contributed by atoms with Crippen LogP contribution in [0.25, 0.3) is 15.6 Å². The Morgan fingerprint density at radius 1 is 1.00 bits per heavy atom. The maximum Gasteiger partial charge on any atom is 1.00 e. The molecule has 0 saturated carbocycles. The van der Waals surface area contributed by atoms with Crippen LogP contribution < -0.4 is 39.0 Å². The van der Waals surface area contributed by atoms with Gasteiger partial charge in [0.25, 0.3) is 5.01 Å². The van der Waals surface area contributed by atoms with Crippen LogP contribution in [0.2, 0.25) is 0 Å². The largest absolute Gasteiger partial charge is 1.00 e. The number of fused-ring (bicyclic) bond motifs is 2. The maximum absolute atomic E-state index is 11.3. The fraction of sp³-hybridized carbons (Fsp3) is 0.105. The Morgan fingerprint density at radius 3 is 2.26 bits per heavy atom. The Labute approximate surface area is 237 Å². The second kappa shape index (κ2) is 13.5. The van der Waals surface area contributed by atoms with Gasteiger partial charge in [0.15, 0.2) is 14.1 Å². The first kappa shape index (κ1) is 31.3. The predicted molar refractivity (Wildman–Crippen MR) is 136 cm³/mol. The van der Waals surface area contributed by atoms with Crippen molar-refractivity contribution in [3.05, 3.63) is 71.4 Å². The second-order valence-corrected chi connectivity index (χ2v) is 13.0. The number of thioether (sulfide) groups is 1. The van der Waals surface area contributed by atoms with E-state index in [0.717, 1.165) is 8.22 Å². The van der Waals surface area contributed by atoms with E-state index in [2.05, 4.69) is 26.3 Å². The molecular formula is C19H19N2NaO6S6. The number of rotatable bonds is 6. The summed E-state index contributed by atoms with van der Waals surface area (Å²) in [4.78, 5) is 1.44. The van der Waals surface area contributed by atoms with E-state index < -0.39 is 32.0 Å². The quantitative estimate of drug-likeness (QED) is 0.184. The molecule has 15 heteroatoms. The number of allylic oxidation sites excluding steroid dienone is 2. The number of hydrogen-bond acceptors (Lipinski definition) is 11. The van der Waals surface area contributed by atoms with Gasteiger partial charge in [0, 0.05) is 12.1 Å². The zero-order valence-electron chi connectivity index (χ0n) is 18.1. The number of nitrogens with zero attached hydrogens (tertiary/aromatic N) is 2. The molecule has 0 radical (unpaired) electrons. The summed E-state index contributed by atoms with van der Waals surface area (Å²) >= 11 is 5.59. The van der Waals surface area contributed by atoms with E-state index in [9.17, 15) is 25.9 Å². The fourth-order valence-electron chi connectivity index (χ4n) is 2.71. The number of aromatic nitrogens is 1. The van der Waals surface area contributed by atoms with Crippen molar-refractivity contribution < 1.29 is 60.1 Å². The van der Waals surface area contributed by atoms with Gasteiger partial charge in [-0.1, -0.05) is 29.2 Å². The molecule has 0 unspecified atom stereocenters. The van der Waals surface area contributed by atoms with Gasteiger partial charge in [-0.2, -0.15) is 4.57 Å². The van der Waals surface area contributed by atoms with Gasteiger partial charge in [-0.3, -0.25) is 0 Å². The summed E-state index contributed by atoms with van der Waals surface area (Å²) < 4.78 is 70.8. The normalized spacial score (nSPS) is 14.3. The van der Waals surface area contributed by atoms with Crippen molar-refractivity contribution >= 4 is 87.3 Å². The van der Waals surface area contributed by atoms with Crippen molar-refractivity contribution in [3.8, 4) is 0 Å². The van der Waals surface area contributed by atoms with E-state index in [0.29, 0.717) is 21.2 Å². The van der Waals surface area contributed by atoms with Gasteiger partial charge in [-0.25, -0.2) is 16.8 Å². The molecule has 0 aromatic carbocycles. The van der Waals surface area contributed by atoms with Crippen LogP contribution in [-0.4, -0.2) is 31.8 Å². The zero-order valence-corrected chi connectivity index (χ0v) is 25.0. The van der Waals surface area contributed by atoms with Crippen molar-refractivity contribution in [1.82, 2.24) is 0 Å². The van der Waals surface area contributed by atoms with Crippen LogP contribution in [0.3, 0.4) is 0 Å². The van der Waals surface area contributed by atoms with Crippen LogP contribution in [0.4, 0.5) is 5.69 Å². The minimum Gasteiger partial charge on any atom is -0.747 e. The summed E-state index contributed by atoms with van der Waals surface area (Å²) in [6.45, 7) is 12.0. The number of thiophene rings is 2. The maximum atomic E-state index is 11.3. The molecule has 4 rings (SSSR count). The van der Waals surface area contributed by atoms with E-state index in [-0.39, 0.29) is 29.6 Å². The van der Waals surface area contributed by atoms with Crippen LogP contribution in [0.5, 0.6) is 0 Å². The van der Waals surface area contributed by atoms with Gasteiger partial charge in [0.05, 0.1) is 14.9 Å². The van der Waals surface area contributed by atoms with Crippen LogP contribution >= 0.6 is 45.8 Å². The molecule has 0 saturated heterocycles. The van der Waals surface area contributed by atoms with Crippen molar-refractivity contribution in [1.29, 1.82) is 0 Å². The van der Waals surface area contributed by atoms with Gasteiger partial charge < -0.3 is 14.0 Å². The Morgan fingerprint density at radius 2 is 1.65 bits per heavy atom. The molecule has 4 heterocycles. The number of thiazole rings is 1. The summed E-state index contributed by atoms with van der Waals surface area (Å²) in [6.07, 6.45) is 4.96. The monoisotopic (exact) mass is 586 g/mol. The molecule has 0 aliphatic carbocycles. The smallest absolute Gasteiger partial charge is 0.747 e. The first-order chi connectivity index (χ1) is 15.6. The first-order valence-electron chi connectivity index (χ1n) is 8.79. The third-order valence-corrected chi connectivity index (χ3v) is 9.32. The van der Waals surface area contributed by atoms with E-state index in [1.807, 2.05) is 10.8 Å². The molecule has 0 amide bonds. The molecule has 3 aromatic heterocycles. The van der Waals surface area contributed by atoms with Crippen LogP contribution in [0, 0.1) is 0 Å². The Bertz CT molecular complexity index is 1390. The molecule has 1 aliphatic heterocycles. The zero-order chi connectivity index (χ0) is 24.8. The average Bonchev–Trinajstić information content (AvgIpc) is 3.49. The molecule has 0 bridgehead atoms. The van der Waals surface area contributed by atoms with Gasteiger partial charge >= 0.3 is 29.6 Å². The van der Waals surface area contributed by atoms with Crippen LogP contribution in [-0.2, 0) is 26.1 Å². The van der Waals surface area contributed by atoms with Gasteiger partial charge in [0.1, 0.15) is 16.0 Å². The van der Waals surface area contributed by atoms with Crippen molar-refractivity contribution in [2.75, 3.05) is 10.8 Å². The molecule has 0 N–H and O–H groups in total. The molecule has 0 fully saturated rings. The molecule has 34 heavy (non-hydrogen) atoms. The van der Waals surface area contributed by atoms with E-state index in [1.54, 1.807) is 30.4 Å². The summed E-state index contributed by atoms with van der Waals surface area (Å²) in [5.41, 5.74) is 1.34. The average molecular weight is 587 g/mol. The third kappa shape index (κ3) is 8.13. The molecule has 0 atom stereocenters. The summed E-state index contributed by atoms with van der Waals surface area (Å²) in [7, 11) is -8.95. The SMILES string of the molecule is C=C.C=C.O=S(=O)([O-])CN1/C(=C/C=C/c2sc3sccc3[n+]2CS(=O)(=O)[O-])Sc2sccc21.[Na+]. The number of anilines is 1. The molecular weight excluding hydrogens is 568 g/mol. The minimum absolute atomic E-state index is 0. The van der Waals surface area contributed by atoms with Crippen LogP contribution in [0.15, 0.2) is 70.6 Å². The summed E-state index contributed by atoms with van der Waals surface area (Å²) in [5.74, 6) is -1.35. The van der Waals surface area contributed by atoms with Gasteiger partial charge in [0.2, 0.25) is 11.4 Å². The third-order valence-electron chi connectivity index (χ3n) is 3.78. The molecule has 0 spiro atoms. The Balaban J connectivity index is 0.00000110. The van der Waals surface area contributed by atoms with Crippen molar-refractivity contribution in [3.63, 3.8) is 0 Å². The molecule has 1 aliphatic rings. The van der Waals surface area contributed by atoms with Gasteiger partial charge in [-0.05, 0) is 22.9 Å². The van der Waals surface area contributed by atoms with E-state index in [4.69, 9.17) is 0 Å². The molecule has 178 valence electrons. The summed E-state index contributed by atoms with van der Waals surface area (Å²) in [6, 6.07) is 3.51. The van der Waals surface area contributed by atoms with Gasteiger partial charge in [-0.15, -0.1) is 49.0 Å². The standard InChI is InChI=1S/C15H12N2O6S6.2C2H4.Na/c18-28(19,20)8-16-10-4-6-24-14(10)26-12(16)2-1-3-13-17(9-29(21,22)23)11-5-7-25-15(11)27-13;2*1-2;/h1-7H,8-9H2,(H-,18,19,20,21,22,23);2*1-2H2;/q;;;+1/p-1. The Hall–Kier alpha value is -0.780. The Kier molecular flexibility index (Phi) is 12.4. The minimum atomic E-state index is -4.47.